The summed E-state index contributed by atoms with van der Waals surface area (Å²) in [5, 5.41) is 13.3. The van der Waals surface area contributed by atoms with Crippen molar-refractivity contribution >= 4 is 0 Å². The maximum atomic E-state index is 9.81. The van der Waals surface area contributed by atoms with Crippen molar-refractivity contribution in [2.75, 3.05) is 19.8 Å². The van der Waals surface area contributed by atoms with Gasteiger partial charge in [0.1, 0.15) is 0 Å². The molecule has 1 rings (SSSR count). The van der Waals surface area contributed by atoms with E-state index in [0.717, 1.165) is 31.3 Å². The highest BCUT2D eigenvalue weighted by Crippen LogP contribution is 2.29. The zero-order valence-corrected chi connectivity index (χ0v) is 12.3. The third-order valence-corrected chi connectivity index (χ3v) is 4.19. The second kappa shape index (κ2) is 8.89. The van der Waals surface area contributed by atoms with Crippen LogP contribution < -0.4 is 5.32 Å². The van der Waals surface area contributed by atoms with E-state index in [4.69, 9.17) is 4.74 Å². The second-order valence-electron chi connectivity index (χ2n) is 5.96. The second-order valence-corrected chi connectivity index (χ2v) is 5.96. The molecule has 18 heavy (non-hydrogen) atoms. The van der Waals surface area contributed by atoms with Crippen LogP contribution in [0.5, 0.6) is 0 Å². The van der Waals surface area contributed by atoms with Gasteiger partial charge in [-0.15, -0.1) is 0 Å². The SMILES string of the molecule is CCCCOCC(O)CNC1CCC(C)C(C)C1. The van der Waals surface area contributed by atoms with E-state index in [1.165, 1.54) is 19.3 Å². The topological polar surface area (TPSA) is 41.5 Å². The molecule has 0 heterocycles. The number of aliphatic hydroxyl groups is 1. The van der Waals surface area contributed by atoms with Gasteiger partial charge >= 0.3 is 0 Å². The fourth-order valence-corrected chi connectivity index (χ4v) is 2.56. The minimum Gasteiger partial charge on any atom is -0.389 e. The molecule has 1 saturated carbocycles. The Morgan fingerprint density at radius 2 is 2.06 bits per heavy atom. The molecule has 0 bridgehead atoms. The summed E-state index contributed by atoms with van der Waals surface area (Å²) in [4.78, 5) is 0. The molecule has 4 unspecified atom stereocenters. The van der Waals surface area contributed by atoms with Gasteiger partial charge in [-0.25, -0.2) is 0 Å². The third-order valence-electron chi connectivity index (χ3n) is 4.19. The minimum absolute atomic E-state index is 0.364. The first-order chi connectivity index (χ1) is 8.63. The van der Waals surface area contributed by atoms with Crippen LogP contribution in [0.1, 0.15) is 52.9 Å². The molecule has 0 aliphatic heterocycles. The van der Waals surface area contributed by atoms with Crippen LogP contribution in [0.25, 0.3) is 0 Å². The van der Waals surface area contributed by atoms with Crippen LogP contribution in [0.4, 0.5) is 0 Å². The van der Waals surface area contributed by atoms with Crippen molar-refractivity contribution in [2.45, 2.75) is 65.0 Å². The van der Waals surface area contributed by atoms with Crippen molar-refractivity contribution in [3.63, 3.8) is 0 Å². The first kappa shape index (κ1) is 15.9. The van der Waals surface area contributed by atoms with E-state index in [0.29, 0.717) is 19.2 Å². The van der Waals surface area contributed by atoms with Crippen molar-refractivity contribution < 1.29 is 9.84 Å². The van der Waals surface area contributed by atoms with Crippen molar-refractivity contribution in [1.29, 1.82) is 0 Å². The Kier molecular flexibility index (Phi) is 7.87. The lowest BCUT2D eigenvalue weighted by atomic mass is 9.79. The third kappa shape index (κ3) is 6.17. The van der Waals surface area contributed by atoms with Gasteiger partial charge in [-0.05, 0) is 37.5 Å². The van der Waals surface area contributed by atoms with Gasteiger partial charge in [-0.1, -0.05) is 27.2 Å². The molecular weight excluding hydrogens is 226 g/mol. The molecule has 0 aromatic rings. The summed E-state index contributed by atoms with van der Waals surface area (Å²) < 4.78 is 5.42. The molecule has 3 heteroatoms. The Balaban J connectivity index is 2.05. The van der Waals surface area contributed by atoms with Crippen LogP contribution in [0.15, 0.2) is 0 Å². The smallest absolute Gasteiger partial charge is 0.0897 e. The van der Waals surface area contributed by atoms with E-state index in [1.807, 2.05) is 0 Å². The van der Waals surface area contributed by atoms with Gasteiger partial charge in [0, 0.05) is 19.2 Å². The molecule has 2 N–H and O–H groups in total. The lowest BCUT2D eigenvalue weighted by Crippen LogP contribution is -2.41. The number of aliphatic hydroxyl groups excluding tert-OH is 1. The highest BCUT2D eigenvalue weighted by atomic mass is 16.5. The average Bonchev–Trinajstić information content (AvgIpc) is 2.36. The number of ether oxygens (including phenoxy) is 1. The molecule has 1 aliphatic carbocycles. The Hall–Kier alpha value is -0.120. The quantitative estimate of drug-likeness (QED) is 0.657. The molecule has 3 nitrogen and oxygen atoms in total. The first-order valence-corrected chi connectivity index (χ1v) is 7.62. The number of unbranched alkanes of at least 4 members (excludes halogenated alkanes) is 1. The van der Waals surface area contributed by atoms with E-state index < -0.39 is 0 Å². The lowest BCUT2D eigenvalue weighted by molar-refractivity contribution is 0.0330. The van der Waals surface area contributed by atoms with Crippen molar-refractivity contribution in [3.05, 3.63) is 0 Å². The van der Waals surface area contributed by atoms with Crippen molar-refractivity contribution in [1.82, 2.24) is 5.32 Å². The molecule has 1 aliphatic rings. The van der Waals surface area contributed by atoms with E-state index in [2.05, 4.69) is 26.1 Å². The number of rotatable bonds is 8. The van der Waals surface area contributed by atoms with Gasteiger partial charge in [-0.3, -0.25) is 0 Å². The summed E-state index contributed by atoms with van der Waals surface area (Å²) >= 11 is 0. The van der Waals surface area contributed by atoms with Crippen molar-refractivity contribution in [3.8, 4) is 0 Å². The molecule has 4 atom stereocenters. The normalized spacial score (nSPS) is 30.3. The van der Waals surface area contributed by atoms with Crippen molar-refractivity contribution in [2.24, 2.45) is 11.8 Å². The molecule has 108 valence electrons. The molecule has 1 fully saturated rings. The standard InChI is InChI=1S/C15H31NO2/c1-4-5-8-18-11-15(17)10-16-14-7-6-12(2)13(3)9-14/h12-17H,4-11H2,1-3H3. The average molecular weight is 257 g/mol. The van der Waals surface area contributed by atoms with Crippen LogP contribution in [0.3, 0.4) is 0 Å². The predicted molar refractivity (Wildman–Crippen MR) is 75.7 cm³/mol. The zero-order chi connectivity index (χ0) is 13.4. The van der Waals surface area contributed by atoms with E-state index >= 15 is 0 Å². The lowest BCUT2D eigenvalue weighted by Gasteiger charge is -2.33. The van der Waals surface area contributed by atoms with E-state index in [9.17, 15) is 5.11 Å². The summed E-state index contributed by atoms with van der Waals surface area (Å²) in [6, 6.07) is 0.585. The van der Waals surface area contributed by atoms with Gasteiger partial charge < -0.3 is 15.2 Å². The molecule has 0 amide bonds. The van der Waals surface area contributed by atoms with E-state index in [1.54, 1.807) is 0 Å². The van der Waals surface area contributed by atoms with Gasteiger partial charge in [0.15, 0.2) is 0 Å². The molecule has 0 spiro atoms. The van der Waals surface area contributed by atoms with Gasteiger partial charge in [-0.2, -0.15) is 0 Å². The summed E-state index contributed by atoms with van der Waals surface area (Å²) in [7, 11) is 0. The summed E-state index contributed by atoms with van der Waals surface area (Å²) in [6.45, 7) is 8.72. The Labute approximate surface area is 112 Å². The highest BCUT2D eigenvalue weighted by molar-refractivity contribution is 4.80. The summed E-state index contributed by atoms with van der Waals surface area (Å²) in [5.74, 6) is 1.65. The summed E-state index contributed by atoms with van der Waals surface area (Å²) in [6.07, 6.45) is 5.66. The Morgan fingerprint density at radius 3 is 2.72 bits per heavy atom. The minimum atomic E-state index is -0.364. The van der Waals surface area contributed by atoms with Gasteiger partial charge in [0.25, 0.3) is 0 Å². The largest absolute Gasteiger partial charge is 0.389 e. The fraction of sp³-hybridized carbons (Fsp3) is 1.00. The molecule has 0 saturated heterocycles. The van der Waals surface area contributed by atoms with Crippen LogP contribution >= 0.6 is 0 Å². The Morgan fingerprint density at radius 1 is 1.28 bits per heavy atom. The molecule has 0 aromatic carbocycles. The number of hydrogen-bond acceptors (Lipinski definition) is 3. The monoisotopic (exact) mass is 257 g/mol. The van der Waals surface area contributed by atoms with Gasteiger partial charge in [0.2, 0.25) is 0 Å². The van der Waals surface area contributed by atoms with Gasteiger partial charge in [0.05, 0.1) is 12.7 Å². The molecular formula is C15H31NO2. The van der Waals surface area contributed by atoms with Crippen LogP contribution in [0.2, 0.25) is 0 Å². The fourth-order valence-electron chi connectivity index (χ4n) is 2.56. The van der Waals surface area contributed by atoms with Crippen LogP contribution in [-0.2, 0) is 4.74 Å². The maximum absolute atomic E-state index is 9.81. The number of nitrogens with one attached hydrogen (secondary N) is 1. The predicted octanol–water partition coefficient (Wildman–Crippen LogP) is 2.58. The summed E-state index contributed by atoms with van der Waals surface area (Å²) in [5.41, 5.74) is 0. The van der Waals surface area contributed by atoms with Crippen LogP contribution in [-0.4, -0.2) is 37.0 Å². The molecule has 0 radical (unpaired) electrons. The first-order valence-electron chi connectivity index (χ1n) is 7.62. The number of hydrogen-bond donors (Lipinski definition) is 2. The zero-order valence-electron chi connectivity index (χ0n) is 12.3. The molecule has 0 aromatic heterocycles. The highest BCUT2D eigenvalue weighted by Gasteiger charge is 2.24. The maximum Gasteiger partial charge on any atom is 0.0897 e. The van der Waals surface area contributed by atoms with Crippen LogP contribution in [0, 0.1) is 11.8 Å². The van der Waals surface area contributed by atoms with E-state index in [-0.39, 0.29) is 6.10 Å². The Bertz CT molecular complexity index is 211.